The molecular formula is C11H12BrN3O. The molecule has 0 saturated carbocycles. The Morgan fingerprint density at radius 2 is 2.06 bits per heavy atom. The molecule has 0 radical (unpaired) electrons. The van der Waals surface area contributed by atoms with Crippen molar-refractivity contribution < 1.29 is 5.11 Å². The van der Waals surface area contributed by atoms with Crippen LogP contribution >= 0.6 is 15.9 Å². The number of halogens is 1. The summed E-state index contributed by atoms with van der Waals surface area (Å²) in [5.74, 6) is 0. The molecule has 0 aliphatic heterocycles. The van der Waals surface area contributed by atoms with E-state index in [1.807, 2.05) is 24.3 Å². The lowest BCUT2D eigenvalue weighted by atomic mass is 10.1. The van der Waals surface area contributed by atoms with Gasteiger partial charge in [0.2, 0.25) is 0 Å². The number of aromatic nitrogens is 3. The maximum atomic E-state index is 10.0. The molecule has 1 atom stereocenters. The minimum atomic E-state index is -0.568. The van der Waals surface area contributed by atoms with E-state index in [0.29, 0.717) is 6.42 Å². The number of benzene rings is 1. The van der Waals surface area contributed by atoms with Gasteiger partial charge in [0.1, 0.15) is 6.10 Å². The average molecular weight is 282 g/mol. The van der Waals surface area contributed by atoms with E-state index in [1.54, 1.807) is 17.9 Å². The van der Waals surface area contributed by atoms with Crippen LogP contribution in [0.25, 0.3) is 0 Å². The fourth-order valence-electron chi connectivity index (χ4n) is 1.55. The van der Waals surface area contributed by atoms with E-state index in [1.165, 1.54) is 0 Å². The quantitative estimate of drug-likeness (QED) is 0.934. The molecule has 0 bridgehead atoms. The van der Waals surface area contributed by atoms with Gasteiger partial charge in [0, 0.05) is 17.9 Å². The lowest BCUT2D eigenvalue weighted by Crippen LogP contribution is -2.07. The molecule has 0 aliphatic rings. The van der Waals surface area contributed by atoms with E-state index >= 15 is 0 Å². The van der Waals surface area contributed by atoms with Gasteiger partial charge >= 0.3 is 0 Å². The Hall–Kier alpha value is -1.20. The third-order valence-electron chi connectivity index (χ3n) is 2.43. The Labute approximate surface area is 102 Å². The van der Waals surface area contributed by atoms with Gasteiger partial charge in [-0.3, -0.25) is 0 Å². The highest BCUT2D eigenvalue weighted by molar-refractivity contribution is 9.10. The largest absolute Gasteiger partial charge is 0.386 e. The topological polar surface area (TPSA) is 50.9 Å². The second-order valence-corrected chi connectivity index (χ2v) is 4.54. The summed E-state index contributed by atoms with van der Waals surface area (Å²) in [5, 5.41) is 17.5. The Balaban J connectivity index is 2.10. The number of aliphatic hydroxyl groups is 1. The molecule has 2 rings (SSSR count). The number of aryl methyl sites for hydroxylation is 1. The molecule has 1 aromatic heterocycles. The summed E-state index contributed by atoms with van der Waals surface area (Å²) >= 11 is 3.38. The van der Waals surface area contributed by atoms with Crippen molar-refractivity contribution in [3.05, 3.63) is 46.2 Å². The zero-order chi connectivity index (χ0) is 11.5. The Morgan fingerprint density at radius 1 is 1.38 bits per heavy atom. The predicted octanol–water partition coefficient (Wildman–Crippen LogP) is 1.85. The smallest absolute Gasteiger partial charge is 0.101 e. The van der Waals surface area contributed by atoms with Crippen molar-refractivity contribution in [2.45, 2.75) is 12.5 Å². The van der Waals surface area contributed by atoms with Crippen LogP contribution in [0.3, 0.4) is 0 Å². The van der Waals surface area contributed by atoms with Gasteiger partial charge in [-0.25, -0.2) is 4.68 Å². The van der Waals surface area contributed by atoms with Gasteiger partial charge < -0.3 is 5.11 Å². The fourth-order valence-corrected chi connectivity index (χ4v) is 1.81. The summed E-state index contributed by atoms with van der Waals surface area (Å²) in [5.41, 5.74) is 1.81. The van der Waals surface area contributed by atoms with E-state index in [9.17, 15) is 5.11 Å². The molecule has 1 unspecified atom stereocenters. The average Bonchev–Trinajstić information content (AvgIpc) is 2.68. The first-order valence-corrected chi connectivity index (χ1v) is 5.73. The first kappa shape index (κ1) is 11.3. The van der Waals surface area contributed by atoms with Gasteiger partial charge in [-0.2, -0.15) is 0 Å². The molecule has 0 fully saturated rings. The lowest BCUT2D eigenvalue weighted by Gasteiger charge is -2.10. The normalized spacial score (nSPS) is 12.7. The van der Waals surface area contributed by atoms with Crippen molar-refractivity contribution in [2.24, 2.45) is 7.05 Å². The first-order valence-electron chi connectivity index (χ1n) is 4.94. The van der Waals surface area contributed by atoms with Gasteiger partial charge in [-0.05, 0) is 17.7 Å². The van der Waals surface area contributed by atoms with Crippen LogP contribution in [0.15, 0.2) is 34.9 Å². The predicted molar refractivity (Wildman–Crippen MR) is 63.8 cm³/mol. The van der Waals surface area contributed by atoms with Crippen LogP contribution in [0.1, 0.15) is 17.4 Å². The summed E-state index contributed by atoms with van der Waals surface area (Å²) in [6, 6.07) is 7.89. The van der Waals surface area contributed by atoms with E-state index in [0.717, 1.165) is 15.7 Å². The van der Waals surface area contributed by atoms with Gasteiger partial charge in [0.15, 0.2) is 0 Å². The number of hydrogen-bond acceptors (Lipinski definition) is 3. The maximum absolute atomic E-state index is 10.0. The van der Waals surface area contributed by atoms with Crippen LogP contribution in [-0.2, 0) is 13.5 Å². The van der Waals surface area contributed by atoms with E-state index in [-0.39, 0.29) is 0 Å². The third kappa shape index (κ3) is 2.48. The van der Waals surface area contributed by atoms with E-state index in [4.69, 9.17) is 0 Å². The highest BCUT2D eigenvalue weighted by Gasteiger charge is 2.12. The molecule has 0 amide bonds. The van der Waals surface area contributed by atoms with Crippen molar-refractivity contribution in [2.75, 3.05) is 0 Å². The van der Waals surface area contributed by atoms with Crippen LogP contribution in [-0.4, -0.2) is 20.1 Å². The van der Waals surface area contributed by atoms with Gasteiger partial charge in [-0.1, -0.05) is 33.3 Å². The van der Waals surface area contributed by atoms with Crippen molar-refractivity contribution in [3.63, 3.8) is 0 Å². The number of aliphatic hydroxyl groups excluding tert-OH is 1. The molecule has 1 N–H and O–H groups in total. The molecule has 0 saturated heterocycles. The molecule has 16 heavy (non-hydrogen) atoms. The third-order valence-corrected chi connectivity index (χ3v) is 2.96. The van der Waals surface area contributed by atoms with Crippen LogP contribution in [0.4, 0.5) is 0 Å². The second kappa shape index (κ2) is 4.76. The highest BCUT2D eigenvalue weighted by Crippen LogP contribution is 2.18. The number of nitrogens with zero attached hydrogens (tertiary/aromatic N) is 3. The molecule has 2 aromatic rings. The van der Waals surface area contributed by atoms with Gasteiger partial charge in [0.25, 0.3) is 0 Å². The van der Waals surface area contributed by atoms with Crippen LogP contribution < -0.4 is 0 Å². The molecule has 1 aromatic carbocycles. The van der Waals surface area contributed by atoms with Gasteiger partial charge in [0.05, 0.1) is 11.9 Å². The zero-order valence-corrected chi connectivity index (χ0v) is 10.4. The summed E-state index contributed by atoms with van der Waals surface area (Å²) in [6.45, 7) is 0. The highest BCUT2D eigenvalue weighted by atomic mass is 79.9. The Kier molecular flexibility index (Phi) is 3.36. The van der Waals surface area contributed by atoms with E-state index < -0.39 is 6.10 Å². The lowest BCUT2D eigenvalue weighted by molar-refractivity contribution is 0.168. The summed E-state index contributed by atoms with van der Waals surface area (Å²) < 4.78 is 2.62. The van der Waals surface area contributed by atoms with Crippen molar-refractivity contribution in [1.29, 1.82) is 0 Å². The van der Waals surface area contributed by atoms with Crippen LogP contribution in [0.5, 0.6) is 0 Å². The molecule has 0 aliphatic carbocycles. The number of hydrogen-bond donors (Lipinski definition) is 1. The van der Waals surface area contributed by atoms with E-state index in [2.05, 4.69) is 26.2 Å². The molecule has 84 valence electrons. The maximum Gasteiger partial charge on any atom is 0.101 e. The fraction of sp³-hybridized carbons (Fsp3) is 0.273. The minimum Gasteiger partial charge on any atom is -0.386 e. The summed E-state index contributed by atoms with van der Waals surface area (Å²) in [7, 11) is 1.77. The summed E-state index contributed by atoms with van der Waals surface area (Å²) in [4.78, 5) is 0. The van der Waals surface area contributed by atoms with Crippen LogP contribution in [0.2, 0.25) is 0 Å². The molecule has 5 heteroatoms. The Bertz CT molecular complexity index is 466. The number of rotatable bonds is 3. The zero-order valence-electron chi connectivity index (χ0n) is 8.84. The van der Waals surface area contributed by atoms with Crippen molar-refractivity contribution in [1.82, 2.24) is 15.0 Å². The summed E-state index contributed by atoms with van der Waals surface area (Å²) in [6.07, 6.45) is 1.58. The first-order chi connectivity index (χ1) is 7.66. The minimum absolute atomic E-state index is 0.564. The molecule has 1 heterocycles. The SMILES string of the molecule is Cn1nncc1C(O)Cc1ccc(Br)cc1. The van der Waals surface area contributed by atoms with Crippen molar-refractivity contribution >= 4 is 15.9 Å². The van der Waals surface area contributed by atoms with Crippen LogP contribution in [0, 0.1) is 0 Å². The monoisotopic (exact) mass is 281 g/mol. The molecule has 0 spiro atoms. The Morgan fingerprint density at radius 3 is 2.62 bits per heavy atom. The van der Waals surface area contributed by atoms with Gasteiger partial charge in [-0.15, -0.1) is 5.10 Å². The van der Waals surface area contributed by atoms with Crippen molar-refractivity contribution in [3.8, 4) is 0 Å². The molecular weight excluding hydrogens is 270 g/mol. The standard InChI is InChI=1S/C11H12BrN3O/c1-15-10(7-13-14-15)11(16)6-8-2-4-9(12)5-3-8/h2-5,7,11,16H,6H2,1H3. The second-order valence-electron chi connectivity index (χ2n) is 3.63. The molecule has 4 nitrogen and oxygen atoms in total.